The van der Waals surface area contributed by atoms with Gasteiger partial charge in [0.05, 0.1) is 0 Å². The van der Waals surface area contributed by atoms with Crippen molar-refractivity contribution in [2.24, 2.45) is 5.92 Å². The average molecular weight is 353 g/mol. The number of carboxylic acid groups (broad SMARTS) is 1. The number of carboxylic acids is 1. The first kappa shape index (κ1) is 18.1. The Hall–Kier alpha value is -2.73. The van der Waals surface area contributed by atoms with Crippen molar-refractivity contribution < 1.29 is 14.7 Å². The van der Waals surface area contributed by atoms with Gasteiger partial charge in [-0.05, 0) is 50.0 Å². The minimum Gasteiger partial charge on any atom is -0.477 e. The third-order valence-electron chi connectivity index (χ3n) is 4.91. The van der Waals surface area contributed by atoms with Crippen LogP contribution in [0.3, 0.4) is 0 Å². The molecule has 6 heteroatoms. The van der Waals surface area contributed by atoms with Gasteiger partial charge in [0.15, 0.2) is 0 Å². The van der Waals surface area contributed by atoms with Crippen LogP contribution in [0.5, 0.6) is 0 Å². The number of carbonyl (C=O) groups is 2. The van der Waals surface area contributed by atoms with Gasteiger partial charge in [-0.2, -0.15) is 0 Å². The summed E-state index contributed by atoms with van der Waals surface area (Å²) in [7, 11) is 2.12. The molecule has 2 N–H and O–H groups in total. The zero-order valence-corrected chi connectivity index (χ0v) is 14.8. The smallest absolute Gasteiger partial charge is 0.354 e. The summed E-state index contributed by atoms with van der Waals surface area (Å²) in [4.78, 5) is 29.5. The number of nitrogens with one attached hydrogen (secondary N) is 1. The highest BCUT2D eigenvalue weighted by atomic mass is 16.4. The Balaban J connectivity index is 1.70. The Morgan fingerprint density at radius 2 is 2.04 bits per heavy atom. The van der Waals surface area contributed by atoms with Crippen molar-refractivity contribution in [2.45, 2.75) is 18.9 Å². The van der Waals surface area contributed by atoms with Crippen LogP contribution in [0.1, 0.15) is 45.3 Å². The van der Waals surface area contributed by atoms with Crippen molar-refractivity contribution >= 4 is 11.9 Å². The van der Waals surface area contributed by atoms with Crippen molar-refractivity contribution in [2.75, 3.05) is 20.1 Å². The molecule has 26 heavy (non-hydrogen) atoms. The summed E-state index contributed by atoms with van der Waals surface area (Å²) >= 11 is 0. The number of nitrogens with zero attached hydrogens (tertiary/aromatic N) is 2. The molecule has 0 spiro atoms. The van der Waals surface area contributed by atoms with Crippen LogP contribution in [0.25, 0.3) is 0 Å². The summed E-state index contributed by atoms with van der Waals surface area (Å²) in [6.45, 7) is 1.59. The quantitative estimate of drug-likeness (QED) is 0.863. The van der Waals surface area contributed by atoms with Gasteiger partial charge in [0.25, 0.3) is 5.91 Å². The van der Waals surface area contributed by atoms with Gasteiger partial charge in [-0.25, -0.2) is 9.78 Å². The Bertz CT molecular complexity index is 779. The topological polar surface area (TPSA) is 82.5 Å². The normalized spacial score (nSPS) is 20.5. The molecule has 2 heterocycles. The van der Waals surface area contributed by atoms with Crippen LogP contribution in [0, 0.1) is 5.92 Å². The van der Waals surface area contributed by atoms with Gasteiger partial charge in [0.1, 0.15) is 5.69 Å². The zero-order valence-electron chi connectivity index (χ0n) is 14.8. The molecule has 1 amide bonds. The zero-order chi connectivity index (χ0) is 18.5. The van der Waals surface area contributed by atoms with E-state index >= 15 is 0 Å². The van der Waals surface area contributed by atoms with Gasteiger partial charge >= 0.3 is 5.97 Å². The van der Waals surface area contributed by atoms with Gasteiger partial charge in [-0.1, -0.05) is 30.3 Å². The highest BCUT2D eigenvalue weighted by molar-refractivity contribution is 5.96. The first-order valence-electron chi connectivity index (χ1n) is 8.79. The standard InChI is InChI=1S/C20H23N3O3/c1-23-11-5-8-16(18(23)14-6-3-2-4-7-14)13-22-19(24)15-9-10-21-17(12-15)20(25)26/h2-4,6-7,9-10,12,16,18H,5,8,11,13H2,1H3,(H,22,24)(H,25,26)/t16-,18-/m0/s1. The molecule has 1 saturated heterocycles. The highest BCUT2D eigenvalue weighted by Gasteiger charge is 2.30. The SMILES string of the molecule is CN1CCC[C@@H](CNC(=O)c2ccnc(C(=O)O)c2)[C@@H]1c1ccccc1. The van der Waals surface area contributed by atoms with Gasteiger partial charge < -0.3 is 10.4 Å². The van der Waals surface area contributed by atoms with E-state index in [1.165, 1.54) is 23.9 Å². The lowest BCUT2D eigenvalue weighted by atomic mass is 9.85. The van der Waals surface area contributed by atoms with Crippen LogP contribution in [-0.4, -0.2) is 47.0 Å². The molecule has 3 rings (SSSR count). The number of piperidine rings is 1. The van der Waals surface area contributed by atoms with Crippen LogP contribution in [0.4, 0.5) is 0 Å². The van der Waals surface area contributed by atoms with Crippen molar-refractivity contribution in [1.82, 2.24) is 15.2 Å². The summed E-state index contributed by atoms with van der Waals surface area (Å²) in [5.74, 6) is -1.10. The van der Waals surface area contributed by atoms with Crippen molar-refractivity contribution in [3.63, 3.8) is 0 Å². The van der Waals surface area contributed by atoms with Crippen LogP contribution < -0.4 is 5.32 Å². The van der Waals surface area contributed by atoms with E-state index in [1.807, 2.05) is 18.2 Å². The number of benzene rings is 1. The van der Waals surface area contributed by atoms with Gasteiger partial charge in [0, 0.05) is 24.3 Å². The minimum absolute atomic E-state index is 0.128. The maximum atomic E-state index is 12.4. The third kappa shape index (κ3) is 4.08. The Morgan fingerprint density at radius 3 is 2.77 bits per heavy atom. The summed E-state index contributed by atoms with van der Waals surface area (Å²) in [5.41, 5.74) is 1.45. The number of likely N-dealkylation sites (tertiary alicyclic amines) is 1. The van der Waals surface area contributed by atoms with E-state index in [4.69, 9.17) is 5.11 Å². The van der Waals surface area contributed by atoms with Crippen molar-refractivity contribution in [1.29, 1.82) is 0 Å². The number of amides is 1. The van der Waals surface area contributed by atoms with Crippen LogP contribution in [-0.2, 0) is 0 Å². The summed E-state index contributed by atoms with van der Waals surface area (Å²) in [6, 6.07) is 13.4. The Labute approximate surface area is 152 Å². The Kier molecular flexibility index (Phi) is 5.63. The fourth-order valence-electron chi connectivity index (χ4n) is 3.66. The van der Waals surface area contributed by atoms with E-state index in [1.54, 1.807) is 0 Å². The molecule has 1 aliphatic rings. The molecular weight excluding hydrogens is 330 g/mol. The van der Waals surface area contributed by atoms with E-state index in [9.17, 15) is 9.59 Å². The summed E-state index contributed by atoms with van der Waals surface area (Å²) in [5, 5.41) is 12.0. The molecule has 136 valence electrons. The monoisotopic (exact) mass is 353 g/mol. The number of aromatic carboxylic acids is 1. The molecule has 0 aliphatic carbocycles. The van der Waals surface area contributed by atoms with Gasteiger partial charge in [-0.3, -0.25) is 9.69 Å². The first-order chi connectivity index (χ1) is 12.6. The lowest BCUT2D eigenvalue weighted by molar-refractivity contribution is 0.0690. The number of hydrogen-bond acceptors (Lipinski definition) is 4. The molecule has 1 aromatic heterocycles. The molecule has 0 bridgehead atoms. The van der Waals surface area contributed by atoms with Gasteiger partial charge in [-0.15, -0.1) is 0 Å². The number of carbonyl (C=O) groups excluding carboxylic acids is 1. The molecule has 1 fully saturated rings. The Morgan fingerprint density at radius 1 is 1.27 bits per heavy atom. The second-order valence-electron chi connectivity index (χ2n) is 6.68. The van der Waals surface area contributed by atoms with Crippen molar-refractivity contribution in [3.05, 3.63) is 65.5 Å². The number of aromatic nitrogens is 1. The maximum absolute atomic E-state index is 12.4. The van der Waals surface area contributed by atoms with Crippen LogP contribution in [0.2, 0.25) is 0 Å². The molecule has 0 radical (unpaired) electrons. The van der Waals surface area contributed by atoms with Crippen LogP contribution >= 0.6 is 0 Å². The molecule has 1 aromatic carbocycles. The molecule has 2 atom stereocenters. The predicted octanol–water partition coefficient (Wildman–Crippen LogP) is 2.59. The number of rotatable bonds is 5. The van der Waals surface area contributed by atoms with Gasteiger partial charge in [0.2, 0.25) is 0 Å². The van der Waals surface area contributed by atoms with E-state index in [-0.39, 0.29) is 17.6 Å². The fraction of sp³-hybridized carbons (Fsp3) is 0.350. The lowest BCUT2D eigenvalue weighted by Crippen LogP contribution is -2.41. The van der Waals surface area contributed by atoms with E-state index in [2.05, 4.69) is 34.4 Å². The van der Waals surface area contributed by atoms with E-state index in [0.29, 0.717) is 18.0 Å². The highest BCUT2D eigenvalue weighted by Crippen LogP contribution is 2.34. The molecule has 0 saturated carbocycles. The molecule has 6 nitrogen and oxygen atoms in total. The molecule has 1 aliphatic heterocycles. The average Bonchev–Trinajstić information content (AvgIpc) is 2.67. The van der Waals surface area contributed by atoms with E-state index < -0.39 is 5.97 Å². The van der Waals surface area contributed by atoms with Crippen LogP contribution in [0.15, 0.2) is 48.7 Å². The number of hydrogen-bond donors (Lipinski definition) is 2. The fourth-order valence-corrected chi connectivity index (χ4v) is 3.66. The minimum atomic E-state index is -1.14. The molecule has 2 aromatic rings. The number of pyridine rings is 1. The second-order valence-corrected chi connectivity index (χ2v) is 6.68. The third-order valence-corrected chi connectivity index (χ3v) is 4.91. The largest absolute Gasteiger partial charge is 0.477 e. The summed E-state index contributed by atoms with van der Waals surface area (Å²) < 4.78 is 0. The first-order valence-corrected chi connectivity index (χ1v) is 8.79. The lowest BCUT2D eigenvalue weighted by Gasteiger charge is -2.39. The summed E-state index contributed by atoms with van der Waals surface area (Å²) in [6.07, 6.45) is 3.49. The predicted molar refractivity (Wildman–Crippen MR) is 98.1 cm³/mol. The second kappa shape index (κ2) is 8.10. The molecule has 0 unspecified atom stereocenters. The maximum Gasteiger partial charge on any atom is 0.354 e. The van der Waals surface area contributed by atoms with E-state index in [0.717, 1.165) is 19.4 Å². The molecular formula is C20H23N3O3. The van der Waals surface area contributed by atoms with Crippen molar-refractivity contribution in [3.8, 4) is 0 Å².